The first-order chi connectivity index (χ1) is 11.1. The van der Waals surface area contributed by atoms with Crippen molar-refractivity contribution in [1.82, 2.24) is 0 Å². The van der Waals surface area contributed by atoms with Gasteiger partial charge in [-0.15, -0.1) is 0 Å². The first-order valence-electron chi connectivity index (χ1n) is 9.62. The van der Waals surface area contributed by atoms with Gasteiger partial charge in [-0.2, -0.15) is 0 Å². The van der Waals surface area contributed by atoms with Crippen molar-refractivity contribution in [3.05, 3.63) is 11.6 Å². The van der Waals surface area contributed by atoms with Gasteiger partial charge in [-0.05, 0) is 55.8 Å². The Bertz CT molecular complexity index is 549. The van der Waals surface area contributed by atoms with Crippen molar-refractivity contribution in [3.63, 3.8) is 0 Å². The molecule has 136 valence electrons. The van der Waals surface area contributed by atoms with Crippen molar-refractivity contribution < 1.29 is 14.6 Å². The van der Waals surface area contributed by atoms with Gasteiger partial charge in [-0.3, -0.25) is 4.79 Å². The third kappa shape index (κ3) is 2.73. The van der Waals surface area contributed by atoms with E-state index in [1.807, 2.05) is 0 Å². The summed E-state index contributed by atoms with van der Waals surface area (Å²) in [7, 11) is 0. The predicted octanol–water partition coefficient (Wildman–Crippen LogP) is 4.49. The van der Waals surface area contributed by atoms with Crippen LogP contribution in [0, 0.1) is 28.1 Å². The maximum atomic E-state index is 11.5. The van der Waals surface area contributed by atoms with Gasteiger partial charge in [-0.1, -0.05) is 39.3 Å². The van der Waals surface area contributed by atoms with E-state index in [-0.39, 0.29) is 29.5 Å². The molecule has 0 bridgehead atoms. The van der Waals surface area contributed by atoms with Crippen LogP contribution in [0.4, 0.5) is 0 Å². The van der Waals surface area contributed by atoms with Gasteiger partial charge in [0.15, 0.2) is 0 Å². The number of aliphatic hydroxyl groups excluding tert-OH is 1. The molecule has 3 heteroatoms. The number of carbonyl (C=O) groups excluding carboxylic acids is 1. The number of allylic oxidation sites excluding steroid dienone is 1. The van der Waals surface area contributed by atoms with Gasteiger partial charge in [0.2, 0.25) is 0 Å². The molecule has 24 heavy (non-hydrogen) atoms. The van der Waals surface area contributed by atoms with Gasteiger partial charge in [0.05, 0.1) is 6.61 Å². The molecule has 2 saturated carbocycles. The highest BCUT2D eigenvalue weighted by Crippen LogP contribution is 2.64. The zero-order valence-electron chi connectivity index (χ0n) is 16.0. The van der Waals surface area contributed by atoms with Crippen molar-refractivity contribution in [2.75, 3.05) is 6.61 Å². The number of ether oxygens (including phenoxy) is 1. The summed E-state index contributed by atoms with van der Waals surface area (Å²) in [6.07, 6.45) is 9.12. The number of hydrogen-bond donors (Lipinski definition) is 1. The summed E-state index contributed by atoms with van der Waals surface area (Å²) < 4.78 is 5.70. The number of carbonyl (C=O) groups is 1. The summed E-state index contributed by atoms with van der Waals surface area (Å²) in [5.74, 6) is 1.07. The lowest BCUT2D eigenvalue weighted by atomic mass is 9.45. The predicted molar refractivity (Wildman–Crippen MR) is 95.4 cm³/mol. The van der Waals surface area contributed by atoms with Gasteiger partial charge >= 0.3 is 5.97 Å². The summed E-state index contributed by atoms with van der Waals surface area (Å²) in [5, 5.41) is 9.75. The van der Waals surface area contributed by atoms with E-state index in [9.17, 15) is 9.90 Å². The normalized spacial score (nSPS) is 44.1. The molecular formula is C21H34O3. The molecule has 3 nitrogen and oxygen atoms in total. The van der Waals surface area contributed by atoms with E-state index < -0.39 is 0 Å². The highest BCUT2D eigenvalue weighted by Gasteiger charge is 2.58. The maximum Gasteiger partial charge on any atom is 0.302 e. The van der Waals surface area contributed by atoms with E-state index in [1.54, 1.807) is 5.57 Å². The minimum Gasteiger partial charge on any atom is -0.462 e. The van der Waals surface area contributed by atoms with Crippen molar-refractivity contribution in [2.24, 2.45) is 28.1 Å². The lowest BCUT2D eigenvalue weighted by molar-refractivity contribution is -0.174. The van der Waals surface area contributed by atoms with Crippen LogP contribution in [-0.2, 0) is 9.53 Å². The van der Waals surface area contributed by atoms with E-state index in [1.165, 1.54) is 19.8 Å². The molecule has 3 rings (SSSR count). The van der Waals surface area contributed by atoms with Crippen molar-refractivity contribution in [1.29, 1.82) is 0 Å². The van der Waals surface area contributed by atoms with Crippen LogP contribution in [0.5, 0.6) is 0 Å². The van der Waals surface area contributed by atoms with Gasteiger partial charge in [0, 0.05) is 17.8 Å². The Balaban J connectivity index is 1.90. The third-order valence-electron chi connectivity index (χ3n) is 7.64. The highest BCUT2D eigenvalue weighted by atomic mass is 16.5. The number of rotatable bonds is 2. The first kappa shape index (κ1) is 18.0. The smallest absolute Gasteiger partial charge is 0.302 e. The van der Waals surface area contributed by atoms with E-state index in [0.29, 0.717) is 17.3 Å². The second kappa shape index (κ2) is 5.86. The monoisotopic (exact) mass is 334 g/mol. The minimum absolute atomic E-state index is 0.0283. The van der Waals surface area contributed by atoms with Crippen LogP contribution >= 0.6 is 0 Å². The van der Waals surface area contributed by atoms with Crippen LogP contribution in [0.3, 0.4) is 0 Å². The molecule has 3 aliphatic carbocycles. The number of fused-ring (bicyclic) bond motifs is 3. The fourth-order valence-electron chi connectivity index (χ4n) is 6.31. The molecule has 0 aromatic rings. The zero-order valence-corrected chi connectivity index (χ0v) is 16.0. The minimum atomic E-state index is -0.149. The van der Waals surface area contributed by atoms with Gasteiger partial charge in [0.1, 0.15) is 6.10 Å². The van der Waals surface area contributed by atoms with E-state index in [4.69, 9.17) is 4.74 Å². The Morgan fingerprint density at radius 1 is 1.21 bits per heavy atom. The third-order valence-corrected chi connectivity index (χ3v) is 7.64. The number of aliphatic hydroxyl groups is 1. The van der Waals surface area contributed by atoms with Crippen LogP contribution in [0.2, 0.25) is 0 Å². The summed E-state index contributed by atoms with van der Waals surface area (Å²) in [6, 6.07) is 0. The average Bonchev–Trinajstić information content (AvgIpc) is 2.49. The Hall–Kier alpha value is -0.830. The summed E-state index contributed by atoms with van der Waals surface area (Å²) in [4.78, 5) is 11.5. The lowest BCUT2D eigenvalue weighted by Crippen LogP contribution is -2.56. The molecule has 0 radical (unpaired) electrons. The van der Waals surface area contributed by atoms with Crippen molar-refractivity contribution in [2.45, 2.75) is 79.2 Å². The van der Waals surface area contributed by atoms with Gasteiger partial charge in [0.25, 0.3) is 0 Å². The first-order valence-corrected chi connectivity index (χ1v) is 9.62. The maximum absolute atomic E-state index is 11.5. The molecule has 0 aliphatic heterocycles. The molecule has 0 saturated heterocycles. The van der Waals surface area contributed by atoms with Crippen molar-refractivity contribution in [3.8, 4) is 0 Å². The molecule has 2 fully saturated rings. The van der Waals surface area contributed by atoms with E-state index in [0.717, 1.165) is 25.7 Å². The molecule has 3 aliphatic rings. The van der Waals surface area contributed by atoms with E-state index in [2.05, 4.69) is 33.8 Å². The molecule has 0 amide bonds. The Kier molecular flexibility index (Phi) is 4.39. The Morgan fingerprint density at radius 2 is 1.92 bits per heavy atom. The van der Waals surface area contributed by atoms with Crippen LogP contribution < -0.4 is 0 Å². The summed E-state index contributed by atoms with van der Waals surface area (Å²) in [5.41, 5.74) is 1.88. The topological polar surface area (TPSA) is 46.5 Å². The highest BCUT2D eigenvalue weighted by molar-refractivity contribution is 5.66. The van der Waals surface area contributed by atoms with Crippen LogP contribution in [0.1, 0.15) is 73.1 Å². The fourth-order valence-corrected chi connectivity index (χ4v) is 6.31. The molecule has 1 N–H and O–H groups in total. The zero-order chi connectivity index (χ0) is 17.8. The fraction of sp³-hybridized carbons (Fsp3) is 0.857. The second-order valence-electron chi connectivity index (χ2n) is 9.68. The number of esters is 1. The summed E-state index contributed by atoms with van der Waals surface area (Å²) in [6.45, 7) is 11.1. The van der Waals surface area contributed by atoms with Gasteiger partial charge in [-0.25, -0.2) is 0 Å². The van der Waals surface area contributed by atoms with E-state index >= 15 is 0 Å². The standard InChI is InChI=1S/C21H34O3/c1-14(23)24-18-9-11-21(5)16-8-10-20(4,13-22)12-15(16)6-7-17(21)19(18,2)3/h12,16-18,22H,6-11,13H2,1-5H3/t16-,17-,18-,20+,21+/m1/s1. The molecule has 0 aromatic carbocycles. The number of hydrogen-bond acceptors (Lipinski definition) is 3. The van der Waals surface area contributed by atoms with Crippen LogP contribution in [-0.4, -0.2) is 23.8 Å². The van der Waals surface area contributed by atoms with Crippen molar-refractivity contribution >= 4 is 5.97 Å². The molecule has 0 unspecified atom stereocenters. The largest absolute Gasteiger partial charge is 0.462 e. The molecular weight excluding hydrogens is 300 g/mol. The second-order valence-corrected chi connectivity index (χ2v) is 9.68. The molecule has 0 heterocycles. The quantitative estimate of drug-likeness (QED) is 0.598. The lowest BCUT2D eigenvalue weighted by Gasteiger charge is -2.61. The Labute approximate surface area is 146 Å². The molecule has 5 atom stereocenters. The van der Waals surface area contributed by atoms with Crippen LogP contribution in [0.15, 0.2) is 11.6 Å². The van der Waals surface area contributed by atoms with Gasteiger partial charge < -0.3 is 9.84 Å². The molecule has 0 aromatic heterocycles. The SMILES string of the molecule is CC(=O)O[C@@H]1CC[C@@]2(C)[C@@H]3CC[C@](C)(CO)C=C3CC[C@@H]2C1(C)C. The summed E-state index contributed by atoms with van der Waals surface area (Å²) >= 11 is 0. The Morgan fingerprint density at radius 3 is 2.54 bits per heavy atom. The van der Waals surface area contributed by atoms with Crippen LogP contribution in [0.25, 0.3) is 0 Å². The molecule has 0 spiro atoms. The average molecular weight is 335 g/mol.